The molecule has 2 atom stereocenters. The summed E-state index contributed by atoms with van der Waals surface area (Å²) in [6.07, 6.45) is 0.978. The average molecular weight is 403 g/mol. The molecule has 1 amide bonds. The quantitative estimate of drug-likeness (QED) is 0.713. The second-order valence-electron chi connectivity index (χ2n) is 6.13. The van der Waals surface area contributed by atoms with E-state index in [1.54, 1.807) is 11.3 Å². The summed E-state index contributed by atoms with van der Waals surface area (Å²) in [5.74, 6) is 1.18. The molecule has 0 spiro atoms. The van der Waals surface area contributed by atoms with Crippen LogP contribution in [0, 0.1) is 13.8 Å². The minimum atomic E-state index is -0.182. The van der Waals surface area contributed by atoms with Gasteiger partial charge in [-0.1, -0.05) is 0 Å². The number of fused-ring (bicyclic) bond motifs is 1. The van der Waals surface area contributed by atoms with Gasteiger partial charge < -0.3 is 15.6 Å². The van der Waals surface area contributed by atoms with E-state index in [-0.39, 0.29) is 35.2 Å². The minimum absolute atomic E-state index is 0. The molecule has 3 rings (SSSR count). The number of hydrogen-bond acceptors (Lipinski definition) is 6. The zero-order chi connectivity index (χ0) is 17.3. The van der Waals surface area contributed by atoms with Crippen LogP contribution < -0.4 is 16.2 Å². The number of aryl methyl sites for hydroxylation is 2. The number of aromatic amines is 1. The lowest BCUT2D eigenvalue weighted by atomic mass is 10.2. The Labute approximate surface area is 161 Å². The second-order valence-corrected chi connectivity index (χ2v) is 8.66. The van der Waals surface area contributed by atoms with Crippen molar-refractivity contribution in [3.8, 4) is 0 Å². The maximum Gasteiger partial charge on any atom is 0.259 e. The van der Waals surface area contributed by atoms with Crippen molar-refractivity contribution < 1.29 is 4.79 Å². The van der Waals surface area contributed by atoms with E-state index in [0.29, 0.717) is 17.0 Å². The lowest BCUT2D eigenvalue weighted by molar-refractivity contribution is -0.120. The number of carbonyl (C=O) groups excluding carboxylic acids is 1. The normalized spacial score (nSPS) is 18.1. The Morgan fingerprint density at radius 2 is 2.24 bits per heavy atom. The summed E-state index contributed by atoms with van der Waals surface area (Å²) in [6.45, 7) is 7.63. The van der Waals surface area contributed by atoms with Crippen molar-refractivity contribution in [3.63, 3.8) is 0 Å². The third-order valence-corrected chi connectivity index (χ3v) is 6.59. The van der Waals surface area contributed by atoms with Crippen LogP contribution in [0.5, 0.6) is 0 Å². The van der Waals surface area contributed by atoms with Gasteiger partial charge in [0.25, 0.3) is 5.56 Å². The van der Waals surface area contributed by atoms with Gasteiger partial charge >= 0.3 is 0 Å². The fourth-order valence-electron chi connectivity index (χ4n) is 2.74. The maximum atomic E-state index is 12.3. The third-order valence-electron chi connectivity index (χ3n) is 4.33. The lowest BCUT2D eigenvalue weighted by Gasteiger charge is -2.15. The van der Waals surface area contributed by atoms with Gasteiger partial charge in [-0.3, -0.25) is 9.59 Å². The topological polar surface area (TPSA) is 86.9 Å². The van der Waals surface area contributed by atoms with Crippen molar-refractivity contribution in [2.75, 3.05) is 13.1 Å². The largest absolute Gasteiger partial charge is 0.351 e. The van der Waals surface area contributed by atoms with Gasteiger partial charge in [-0.05, 0) is 39.3 Å². The highest BCUT2D eigenvalue weighted by Gasteiger charge is 2.21. The number of rotatable bonds is 5. The van der Waals surface area contributed by atoms with Crippen molar-refractivity contribution >= 4 is 51.6 Å². The molecule has 2 unspecified atom stereocenters. The fourth-order valence-corrected chi connectivity index (χ4v) is 4.56. The van der Waals surface area contributed by atoms with Crippen molar-refractivity contribution in [1.82, 2.24) is 20.6 Å². The van der Waals surface area contributed by atoms with Gasteiger partial charge in [0.05, 0.1) is 16.4 Å². The van der Waals surface area contributed by atoms with Gasteiger partial charge in [0.2, 0.25) is 5.91 Å². The first kappa shape index (κ1) is 20.2. The Morgan fingerprint density at radius 1 is 1.48 bits per heavy atom. The number of amides is 1. The number of halogens is 1. The zero-order valence-electron chi connectivity index (χ0n) is 14.5. The molecular formula is C16H23ClN4O2S2. The van der Waals surface area contributed by atoms with E-state index in [0.717, 1.165) is 34.8 Å². The summed E-state index contributed by atoms with van der Waals surface area (Å²) in [4.78, 5) is 33.8. The second kappa shape index (κ2) is 8.53. The molecule has 1 saturated heterocycles. The van der Waals surface area contributed by atoms with Crippen molar-refractivity contribution in [1.29, 1.82) is 0 Å². The van der Waals surface area contributed by atoms with Crippen molar-refractivity contribution in [2.45, 2.75) is 44.2 Å². The SMILES string of the molecule is Cc1sc2nc(CSC(C)C(=O)NC3CCNC3)[nH]c(=O)c2c1C.Cl. The maximum absolute atomic E-state index is 12.3. The van der Waals surface area contributed by atoms with Gasteiger partial charge in [-0.25, -0.2) is 4.98 Å². The average Bonchev–Trinajstić information content (AvgIpc) is 3.13. The number of thioether (sulfide) groups is 1. The van der Waals surface area contributed by atoms with E-state index >= 15 is 0 Å². The predicted molar refractivity (Wildman–Crippen MR) is 107 cm³/mol. The van der Waals surface area contributed by atoms with Crippen LogP contribution in [0.2, 0.25) is 0 Å². The van der Waals surface area contributed by atoms with Crippen LogP contribution in [0.1, 0.15) is 29.6 Å². The minimum Gasteiger partial charge on any atom is -0.351 e. The molecule has 25 heavy (non-hydrogen) atoms. The molecule has 0 saturated carbocycles. The number of nitrogens with zero attached hydrogens (tertiary/aromatic N) is 1. The number of aromatic nitrogens is 2. The number of hydrogen-bond donors (Lipinski definition) is 3. The predicted octanol–water partition coefficient (Wildman–Crippen LogP) is 2.12. The molecule has 9 heteroatoms. The first-order valence-corrected chi connectivity index (χ1v) is 9.94. The number of nitrogens with one attached hydrogen (secondary N) is 3. The highest BCUT2D eigenvalue weighted by Crippen LogP contribution is 2.26. The number of H-pyrrole nitrogens is 1. The van der Waals surface area contributed by atoms with Crippen LogP contribution >= 0.6 is 35.5 Å². The molecule has 0 aliphatic carbocycles. The van der Waals surface area contributed by atoms with E-state index < -0.39 is 0 Å². The molecule has 0 aromatic carbocycles. The van der Waals surface area contributed by atoms with Crippen molar-refractivity contribution in [2.24, 2.45) is 0 Å². The van der Waals surface area contributed by atoms with E-state index in [4.69, 9.17) is 0 Å². The van der Waals surface area contributed by atoms with Gasteiger partial charge in [0.15, 0.2) is 0 Å². The van der Waals surface area contributed by atoms with Crippen LogP contribution in [0.15, 0.2) is 4.79 Å². The lowest BCUT2D eigenvalue weighted by Crippen LogP contribution is -2.40. The zero-order valence-corrected chi connectivity index (χ0v) is 16.9. The summed E-state index contributed by atoms with van der Waals surface area (Å²) >= 11 is 3.03. The van der Waals surface area contributed by atoms with Crippen LogP contribution in [-0.4, -0.2) is 40.3 Å². The van der Waals surface area contributed by atoms with Crippen LogP contribution in [0.25, 0.3) is 10.2 Å². The van der Waals surface area contributed by atoms with Gasteiger partial charge in [0.1, 0.15) is 10.7 Å². The summed E-state index contributed by atoms with van der Waals surface area (Å²) < 4.78 is 0. The Bertz CT molecular complexity index is 814. The Kier molecular flexibility index (Phi) is 6.90. The van der Waals surface area contributed by atoms with E-state index in [9.17, 15) is 9.59 Å². The molecular weight excluding hydrogens is 380 g/mol. The molecule has 1 fully saturated rings. The van der Waals surface area contributed by atoms with Crippen LogP contribution in [-0.2, 0) is 10.5 Å². The summed E-state index contributed by atoms with van der Waals surface area (Å²) in [7, 11) is 0. The molecule has 6 nitrogen and oxygen atoms in total. The van der Waals surface area contributed by atoms with Crippen molar-refractivity contribution in [3.05, 3.63) is 26.6 Å². The molecule has 0 radical (unpaired) electrons. The standard InChI is InChI=1S/C16H22N4O2S2.ClH/c1-8-9(2)24-16-13(8)15(22)19-12(20-16)7-23-10(3)14(21)18-11-4-5-17-6-11;/h10-11,17H,4-7H2,1-3H3,(H,18,21)(H,19,20,22);1H. The smallest absolute Gasteiger partial charge is 0.259 e. The molecule has 3 N–H and O–H groups in total. The van der Waals surface area contributed by atoms with Gasteiger partial charge in [-0.15, -0.1) is 35.5 Å². The van der Waals surface area contributed by atoms with E-state index in [1.807, 2.05) is 20.8 Å². The highest BCUT2D eigenvalue weighted by molar-refractivity contribution is 7.99. The highest BCUT2D eigenvalue weighted by atomic mass is 35.5. The summed E-state index contributed by atoms with van der Waals surface area (Å²) in [6, 6.07) is 0.229. The van der Waals surface area contributed by atoms with Gasteiger partial charge in [0, 0.05) is 17.5 Å². The first-order chi connectivity index (χ1) is 11.5. The molecule has 1 aliphatic rings. The molecule has 2 aromatic heterocycles. The van der Waals surface area contributed by atoms with Crippen LogP contribution in [0.3, 0.4) is 0 Å². The first-order valence-electron chi connectivity index (χ1n) is 8.07. The van der Waals surface area contributed by atoms with Crippen LogP contribution in [0.4, 0.5) is 0 Å². The molecule has 2 aromatic rings. The monoisotopic (exact) mass is 402 g/mol. The molecule has 138 valence electrons. The molecule has 1 aliphatic heterocycles. The van der Waals surface area contributed by atoms with E-state index in [1.165, 1.54) is 11.8 Å². The summed E-state index contributed by atoms with van der Waals surface area (Å²) in [5, 5.41) is 6.79. The summed E-state index contributed by atoms with van der Waals surface area (Å²) in [5.41, 5.74) is 0.910. The third kappa shape index (κ3) is 4.55. The fraction of sp³-hybridized carbons (Fsp3) is 0.562. The Balaban J connectivity index is 0.00000225. The Morgan fingerprint density at radius 3 is 2.92 bits per heavy atom. The van der Waals surface area contributed by atoms with E-state index in [2.05, 4.69) is 20.6 Å². The number of carbonyl (C=O) groups is 1. The van der Waals surface area contributed by atoms with Gasteiger partial charge in [-0.2, -0.15) is 0 Å². The Hall–Kier alpha value is -1.09. The molecule has 0 bridgehead atoms. The number of thiophene rings is 1. The molecule has 3 heterocycles.